The summed E-state index contributed by atoms with van der Waals surface area (Å²) < 4.78 is 5.41. The predicted octanol–water partition coefficient (Wildman–Crippen LogP) is 3.59. The maximum Gasteiger partial charge on any atom is 0.281 e. The van der Waals surface area contributed by atoms with Gasteiger partial charge in [0.25, 0.3) is 5.24 Å². The zero-order chi connectivity index (χ0) is 12.3. The van der Waals surface area contributed by atoms with Gasteiger partial charge in [0, 0.05) is 0 Å². The number of benzene rings is 1. The minimum atomic E-state index is -0.557. The zero-order valence-corrected chi connectivity index (χ0v) is 10.7. The number of hydrogen-bond donors (Lipinski definition) is 0. The van der Waals surface area contributed by atoms with Gasteiger partial charge in [-0.3, -0.25) is 4.79 Å². The number of hydrogen-bond acceptors (Lipinski definition) is 4. The minimum absolute atomic E-state index is 0.258. The maximum absolute atomic E-state index is 11.1. The molecule has 0 spiro atoms. The molecule has 0 bridgehead atoms. The standard InChI is InChI=1S/C12H10ClNO2S/c1-2-16-11-9(8-6-4-3-5-7-8)17-12(14-11)10(13)15/h3-7H,2H2,1H3. The number of aromatic nitrogens is 1. The third kappa shape index (κ3) is 2.65. The van der Waals surface area contributed by atoms with E-state index in [0.717, 1.165) is 10.4 Å². The second-order valence-electron chi connectivity index (χ2n) is 3.23. The number of carbonyl (C=O) groups excluding carboxylic acids is 1. The van der Waals surface area contributed by atoms with E-state index in [9.17, 15) is 4.79 Å². The van der Waals surface area contributed by atoms with Gasteiger partial charge in [-0.1, -0.05) is 30.3 Å². The topological polar surface area (TPSA) is 39.2 Å². The normalized spacial score (nSPS) is 10.2. The van der Waals surface area contributed by atoms with Crippen molar-refractivity contribution >= 4 is 28.2 Å². The maximum atomic E-state index is 11.1. The van der Waals surface area contributed by atoms with Crippen molar-refractivity contribution in [1.82, 2.24) is 4.98 Å². The Balaban J connectivity index is 2.48. The molecular weight excluding hydrogens is 258 g/mol. The van der Waals surface area contributed by atoms with E-state index in [4.69, 9.17) is 16.3 Å². The Morgan fingerprint density at radius 2 is 2.12 bits per heavy atom. The lowest BCUT2D eigenvalue weighted by Gasteiger charge is -2.02. The van der Waals surface area contributed by atoms with Crippen LogP contribution in [0.5, 0.6) is 5.88 Å². The number of ether oxygens (including phenoxy) is 1. The third-order valence-corrected chi connectivity index (χ3v) is 3.46. The number of nitrogens with zero attached hydrogens (tertiary/aromatic N) is 1. The summed E-state index contributed by atoms with van der Waals surface area (Å²) in [7, 11) is 0. The van der Waals surface area contributed by atoms with Crippen LogP contribution in [0.25, 0.3) is 10.4 Å². The molecule has 0 amide bonds. The number of halogens is 1. The Bertz CT molecular complexity index is 525. The van der Waals surface area contributed by atoms with Crippen LogP contribution in [0.3, 0.4) is 0 Å². The van der Waals surface area contributed by atoms with Crippen molar-refractivity contribution in [3.63, 3.8) is 0 Å². The smallest absolute Gasteiger partial charge is 0.281 e. The van der Waals surface area contributed by atoms with Gasteiger partial charge in [-0.15, -0.1) is 11.3 Å². The van der Waals surface area contributed by atoms with Crippen molar-refractivity contribution in [2.75, 3.05) is 6.61 Å². The molecule has 1 aromatic heterocycles. The zero-order valence-electron chi connectivity index (χ0n) is 9.14. The molecule has 0 aliphatic rings. The van der Waals surface area contributed by atoms with Crippen LogP contribution in [0, 0.1) is 0 Å². The van der Waals surface area contributed by atoms with E-state index in [-0.39, 0.29) is 5.01 Å². The van der Waals surface area contributed by atoms with E-state index >= 15 is 0 Å². The van der Waals surface area contributed by atoms with Crippen molar-refractivity contribution in [3.05, 3.63) is 35.3 Å². The molecule has 0 atom stereocenters. The molecule has 0 aliphatic carbocycles. The summed E-state index contributed by atoms with van der Waals surface area (Å²) in [5.74, 6) is 0.465. The molecule has 0 aliphatic heterocycles. The van der Waals surface area contributed by atoms with Crippen LogP contribution < -0.4 is 4.74 Å². The molecule has 88 valence electrons. The highest BCUT2D eigenvalue weighted by molar-refractivity contribution is 7.18. The highest BCUT2D eigenvalue weighted by Crippen LogP contribution is 2.36. The fourth-order valence-electron chi connectivity index (χ4n) is 1.40. The average molecular weight is 268 g/mol. The van der Waals surface area contributed by atoms with Crippen LogP contribution in [-0.2, 0) is 0 Å². The lowest BCUT2D eigenvalue weighted by atomic mass is 10.2. The van der Waals surface area contributed by atoms with Gasteiger partial charge >= 0.3 is 0 Å². The summed E-state index contributed by atoms with van der Waals surface area (Å²) in [5, 5.41) is -0.299. The van der Waals surface area contributed by atoms with E-state index in [0.29, 0.717) is 12.5 Å². The van der Waals surface area contributed by atoms with E-state index < -0.39 is 5.24 Å². The molecule has 5 heteroatoms. The quantitative estimate of drug-likeness (QED) is 0.795. The number of carbonyl (C=O) groups is 1. The van der Waals surface area contributed by atoms with Crippen LogP contribution in [0.1, 0.15) is 16.7 Å². The lowest BCUT2D eigenvalue weighted by Crippen LogP contribution is -1.94. The van der Waals surface area contributed by atoms with Gasteiger partial charge in [0.05, 0.1) is 11.5 Å². The number of thiazole rings is 1. The van der Waals surface area contributed by atoms with E-state index in [2.05, 4.69) is 4.98 Å². The Kier molecular flexibility index (Phi) is 3.76. The lowest BCUT2D eigenvalue weighted by molar-refractivity contribution is 0.108. The first-order valence-electron chi connectivity index (χ1n) is 5.11. The van der Waals surface area contributed by atoms with E-state index in [1.54, 1.807) is 0 Å². The third-order valence-electron chi connectivity index (χ3n) is 2.08. The predicted molar refractivity (Wildman–Crippen MR) is 68.9 cm³/mol. The summed E-state index contributed by atoms with van der Waals surface area (Å²) in [6, 6.07) is 9.66. The molecule has 0 saturated carbocycles. The van der Waals surface area contributed by atoms with Crippen molar-refractivity contribution in [1.29, 1.82) is 0 Å². The van der Waals surface area contributed by atoms with Crippen molar-refractivity contribution in [3.8, 4) is 16.3 Å². The van der Waals surface area contributed by atoms with Crippen molar-refractivity contribution in [2.24, 2.45) is 0 Å². The summed E-state index contributed by atoms with van der Waals surface area (Å²) in [5.41, 5.74) is 0.970. The minimum Gasteiger partial charge on any atom is -0.477 e. The molecule has 0 saturated heterocycles. The molecule has 0 radical (unpaired) electrons. The van der Waals surface area contributed by atoms with Crippen LogP contribution in [0.2, 0.25) is 0 Å². The molecule has 0 N–H and O–H groups in total. The van der Waals surface area contributed by atoms with E-state index in [1.165, 1.54) is 11.3 Å². The van der Waals surface area contributed by atoms with Crippen molar-refractivity contribution in [2.45, 2.75) is 6.92 Å². The van der Waals surface area contributed by atoms with Crippen LogP contribution in [-0.4, -0.2) is 16.8 Å². The first kappa shape index (κ1) is 12.1. The molecule has 2 aromatic rings. The van der Waals surface area contributed by atoms with Gasteiger partial charge in [-0.2, -0.15) is 4.98 Å². The monoisotopic (exact) mass is 267 g/mol. The molecular formula is C12H10ClNO2S. The Hall–Kier alpha value is -1.39. The highest BCUT2D eigenvalue weighted by Gasteiger charge is 2.17. The molecule has 2 rings (SSSR count). The Morgan fingerprint density at radius 1 is 1.41 bits per heavy atom. The van der Waals surface area contributed by atoms with Gasteiger partial charge in [0.2, 0.25) is 5.88 Å². The van der Waals surface area contributed by atoms with Gasteiger partial charge in [-0.05, 0) is 24.1 Å². The fraction of sp³-hybridized carbons (Fsp3) is 0.167. The molecule has 0 fully saturated rings. The second kappa shape index (κ2) is 5.29. The van der Waals surface area contributed by atoms with E-state index in [1.807, 2.05) is 37.3 Å². The second-order valence-corrected chi connectivity index (χ2v) is 4.57. The van der Waals surface area contributed by atoms with Gasteiger partial charge in [-0.25, -0.2) is 0 Å². The molecule has 1 heterocycles. The summed E-state index contributed by atoms with van der Waals surface area (Å²) in [6.45, 7) is 2.37. The van der Waals surface area contributed by atoms with Gasteiger partial charge < -0.3 is 4.74 Å². The van der Waals surface area contributed by atoms with Gasteiger partial charge in [0.1, 0.15) is 0 Å². The summed E-state index contributed by atoms with van der Waals surface area (Å²) in [6.07, 6.45) is 0. The van der Waals surface area contributed by atoms with Crippen LogP contribution in [0.4, 0.5) is 0 Å². The van der Waals surface area contributed by atoms with Crippen LogP contribution >= 0.6 is 22.9 Å². The van der Waals surface area contributed by atoms with Crippen molar-refractivity contribution < 1.29 is 9.53 Å². The molecule has 17 heavy (non-hydrogen) atoms. The molecule has 3 nitrogen and oxygen atoms in total. The Labute approximate surface area is 108 Å². The first-order chi connectivity index (χ1) is 8.22. The molecule has 0 unspecified atom stereocenters. The van der Waals surface area contributed by atoms with Gasteiger partial charge in [0.15, 0.2) is 5.01 Å². The van der Waals surface area contributed by atoms with Crippen LogP contribution in [0.15, 0.2) is 30.3 Å². The SMILES string of the molecule is CCOc1nc(C(=O)Cl)sc1-c1ccccc1. The average Bonchev–Trinajstić information content (AvgIpc) is 2.75. The fourth-order valence-corrected chi connectivity index (χ4v) is 2.40. The largest absolute Gasteiger partial charge is 0.477 e. The Morgan fingerprint density at radius 3 is 2.71 bits per heavy atom. The summed E-state index contributed by atoms with van der Waals surface area (Å²) >= 11 is 6.67. The highest BCUT2D eigenvalue weighted by atomic mass is 35.5. The summed E-state index contributed by atoms with van der Waals surface area (Å²) in [4.78, 5) is 16.0. The first-order valence-corrected chi connectivity index (χ1v) is 6.30. The number of rotatable bonds is 4. The molecule has 1 aromatic carbocycles.